The molecule has 0 atom stereocenters. The monoisotopic (exact) mass is 287 g/mol. The molecule has 4 heteroatoms. The predicted octanol–water partition coefficient (Wildman–Crippen LogP) is 3.16. The van der Waals surface area contributed by atoms with E-state index in [1.165, 1.54) is 19.3 Å². The van der Waals surface area contributed by atoms with Crippen LogP contribution in [0, 0.1) is 0 Å². The number of benzene rings is 1. The number of anilines is 1. The summed E-state index contributed by atoms with van der Waals surface area (Å²) in [5.74, 6) is 0. The van der Waals surface area contributed by atoms with E-state index in [1.54, 1.807) is 0 Å². The van der Waals surface area contributed by atoms with Gasteiger partial charge in [-0.3, -0.25) is 4.90 Å². The van der Waals surface area contributed by atoms with Crippen molar-refractivity contribution in [3.05, 3.63) is 29.8 Å². The molecule has 0 radical (unpaired) electrons. The Morgan fingerprint density at radius 3 is 2.33 bits per heavy atom. The first kappa shape index (κ1) is 14.4. The third-order valence-electron chi connectivity index (χ3n) is 4.51. The van der Waals surface area contributed by atoms with E-state index in [-0.39, 0.29) is 6.03 Å². The summed E-state index contributed by atoms with van der Waals surface area (Å²) in [7, 11) is 0. The number of amides is 2. The molecule has 0 aromatic heterocycles. The van der Waals surface area contributed by atoms with Crippen LogP contribution in [0.4, 0.5) is 10.5 Å². The second-order valence-corrected chi connectivity index (χ2v) is 6.26. The van der Waals surface area contributed by atoms with Crippen molar-refractivity contribution in [2.24, 2.45) is 5.73 Å². The van der Waals surface area contributed by atoms with Gasteiger partial charge >= 0.3 is 6.03 Å². The van der Waals surface area contributed by atoms with Gasteiger partial charge in [0.25, 0.3) is 0 Å². The Morgan fingerprint density at radius 2 is 1.76 bits per heavy atom. The fourth-order valence-electron chi connectivity index (χ4n) is 3.11. The van der Waals surface area contributed by atoms with Crippen molar-refractivity contribution >= 4 is 11.7 Å². The Bertz CT molecular complexity index is 475. The van der Waals surface area contributed by atoms with Crippen molar-refractivity contribution < 1.29 is 4.79 Å². The van der Waals surface area contributed by atoms with Crippen molar-refractivity contribution in [3.63, 3.8) is 0 Å². The van der Waals surface area contributed by atoms with Crippen LogP contribution in [0.1, 0.15) is 50.5 Å². The molecule has 2 fully saturated rings. The van der Waals surface area contributed by atoms with Gasteiger partial charge in [-0.05, 0) is 43.4 Å². The summed E-state index contributed by atoms with van der Waals surface area (Å²) in [5.41, 5.74) is 7.73. The molecular weight excluding hydrogens is 262 g/mol. The van der Waals surface area contributed by atoms with E-state index in [0.717, 1.165) is 36.9 Å². The lowest BCUT2D eigenvalue weighted by Crippen LogP contribution is -2.46. The molecule has 0 spiro atoms. The second-order valence-electron chi connectivity index (χ2n) is 6.26. The molecule has 3 rings (SSSR count). The van der Waals surface area contributed by atoms with Crippen LogP contribution in [0.25, 0.3) is 0 Å². The summed E-state index contributed by atoms with van der Waals surface area (Å²) in [6, 6.07) is 8.86. The fourth-order valence-corrected chi connectivity index (χ4v) is 3.11. The minimum atomic E-state index is 0.0740. The van der Waals surface area contributed by atoms with Gasteiger partial charge in [-0.1, -0.05) is 31.4 Å². The van der Waals surface area contributed by atoms with Crippen molar-refractivity contribution in [3.8, 4) is 0 Å². The standard InChI is InChI=1S/C17H25N3O/c18-12-13-6-8-15(9-7-13)20(16-10-11-16)17(21)19-14-4-2-1-3-5-14/h6-9,14,16H,1-5,10-12,18H2,(H,19,21). The Balaban J connectivity index is 1.69. The summed E-state index contributed by atoms with van der Waals surface area (Å²) >= 11 is 0. The van der Waals surface area contributed by atoms with Crippen molar-refractivity contribution in [1.29, 1.82) is 0 Å². The van der Waals surface area contributed by atoms with Crippen LogP contribution in [0.5, 0.6) is 0 Å². The zero-order valence-corrected chi connectivity index (χ0v) is 12.6. The van der Waals surface area contributed by atoms with E-state index in [1.807, 2.05) is 29.2 Å². The van der Waals surface area contributed by atoms with Crippen molar-refractivity contribution in [2.75, 3.05) is 4.90 Å². The number of nitrogens with zero attached hydrogens (tertiary/aromatic N) is 1. The number of carbonyl (C=O) groups is 1. The van der Waals surface area contributed by atoms with Crippen LogP contribution >= 0.6 is 0 Å². The fraction of sp³-hybridized carbons (Fsp3) is 0.588. The van der Waals surface area contributed by atoms with E-state index in [9.17, 15) is 4.79 Å². The number of rotatable bonds is 4. The SMILES string of the molecule is NCc1ccc(N(C(=O)NC2CCCCC2)C2CC2)cc1. The lowest BCUT2D eigenvalue weighted by Gasteiger charge is -2.28. The van der Waals surface area contributed by atoms with Gasteiger partial charge in [0.2, 0.25) is 0 Å². The van der Waals surface area contributed by atoms with Gasteiger partial charge in [0.1, 0.15) is 0 Å². The molecule has 2 saturated carbocycles. The highest BCUT2D eigenvalue weighted by Crippen LogP contribution is 2.32. The van der Waals surface area contributed by atoms with Crippen LogP contribution in [-0.4, -0.2) is 18.1 Å². The summed E-state index contributed by atoms with van der Waals surface area (Å²) in [6.45, 7) is 0.540. The molecule has 114 valence electrons. The first-order chi connectivity index (χ1) is 10.3. The smallest absolute Gasteiger partial charge is 0.322 e. The average Bonchev–Trinajstić information content (AvgIpc) is 3.34. The maximum atomic E-state index is 12.6. The zero-order valence-electron chi connectivity index (χ0n) is 12.6. The number of hydrogen-bond donors (Lipinski definition) is 2. The molecular formula is C17H25N3O. The highest BCUT2D eigenvalue weighted by molar-refractivity contribution is 5.93. The Hall–Kier alpha value is -1.55. The topological polar surface area (TPSA) is 58.4 Å². The molecule has 21 heavy (non-hydrogen) atoms. The van der Waals surface area contributed by atoms with Gasteiger partial charge in [0, 0.05) is 24.3 Å². The molecule has 2 aliphatic carbocycles. The van der Waals surface area contributed by atoms with E-state index in [0.29, 0.717) is 18.6 Å². The summed E-state index contributed by atoms with van der Waals surface area (Å²) in [6.07, 6.45) is 8.23. The van der Waals surface area contributed by atoms with E-state index in [4.69, 9.17) is 5.73 Å². The van der Waals surface area contributed by atoms with Gasteiger partial charge in [0.05, 0.1) is 0 Å². The van der Waals surface area contributed by atoms with Gasteiger partial charge in [-0.2, -0.15) is 0 Å². The lowest BCUT2D eigenvalue weighted by molar-refractivity contribution is 0.238. The van der Waals surface area contributed by atoms with Crippen LogP contribution in [0.2, 0.25) is 0 Å². The Morgan fingerprint density at radius 1 is 1.10 bits per heavy atom. The molecule has 0 unspecified atom stereocenters. The number of carbonyl (C=O) groups excluding carboxylic acids is 1. The highest BCUT2D eigenvalue weighted by Gasteiger charge is 2.34. The molecule has 4 nitrogen and oxygen atoms in total. The molecule has 0 aliphatic heterocycles. The predicted molar refractivity (Wildman–Crippen MR) is 85.2 cm³/mol. The maximum absolute atomic E-state index is 12.6. The van der Waals surface area contributed by atoms with Gasteiger partial charge in [0.15, 0.2) is 0 Å². The molecule has 3 N–H and O–H groups in total. The second kappa shape index (κ2) is 6.48. The Kier molecular flexibility index (Phi) is 4.44. The van der Waals surface area contributed by atoms with Crippen LogP contribution in [0.3, 0.4) is 0 Å². The van der Waals surface area contributed by atoms with Gasteiger partial charge in [-0.15, -0.1) is 0 Å². The Labute approximate surface area is 126 Å². The zero-order chi connectivity index (χ0) is 14.7. The number of nitrogens with two attached hydrogens (primary N) is 1. The largest absolute Gasteiger partial charge is 0.335 e. The van der Waals surface area contributed by atoms with Crippen LogP contribution < -0.4 is 16.0 Å². The third kappa shape index (κ3) is 3.56. The molecule has 1 aromatic carbocycles. The van der Waals surface area contributed by atoms with Crippen molar-refractivity contribution in [1.82, 2.24) is 5.32 Å². The molecule has 0 saturated heterocycles. The van der Waals surface area contributed by atoms with Gasteiger partial charge < -0.3 is 11.1 Å². The van der Waals surface area contributed by atoms with Gasteiger partial charge in [-0.25, -0.2) is 4.79 Å². The first-order valence-electron chi connectivity index (χ1n) is 8.16. The lowest BCUT2D eigenvalue weighted by atomic mass is 9.96. The van der Waals surface area contributed by atoms with E-state index in [2.05, 4.69) is 5.32 Å². The minimum Gasteiger partial charge on any atom is -0.335 e. The van der Waals surface area contributed by atoms with Crippen molar-refractivity contribution in [2.45, 2.75) is 63.6 Å². The molecule has 2 aliphatic rings. The third-order valence-corrected chi connectivity index (χ3v) is 4.51. The van der Waals surface area contributed by atoms with E-state index < -0.39 is 0 Å². The van der Waals surface area contributed by atoms with Crippen LogP contribution in [-0.2, 0) is 6.54 Å². The molecule has 2 amide bonds. The minimum absolute atomic E-state index is 0.0740. The average molecular weight is 287 g/mol. The molecule has 0 heterocycles. The maximum Gasteiger partial charge on any atom is 0.322 e. The summed E-state index contributed by atoms with van der Waals surface area (Å²) in [5, 5.41) is 3.23. The number of nitrogens with one attached hydrogen (secondary N) is 1. The quantitative estimate of drug-likeness (QED) is 0.893. The van der Waals surface area contributed by atoms with E-state index >= 15 is 0 Å². The summed E-state index contributed by atoms with van der Waals surface area (Å²) in [4.78, 5) is 14.6. The highest BCUT2D eigenvalue weighted by atomic mass is 16.2. The molecule has 1 aromatic rings. The molecule has 0 bridgehead atoms. The van der Waals surface area contributed by atoms with Crippen LogP contribution in [0.15, 0.2) is 24.3 Å². The normalized spacial score (nSPS) is 19.3. The number of urea groups is 1. The summed E-state index contributed by atoms with van der Waals surface area (Å²) < 4.78 is 0. The number of hydrogen-bond acceptors (Lipinski definition) is 2. The first-order valence-corrected chi connectivity index (χ1v) is 8.16.